The van der Waals surface area contributed by atoms with Crippen LogP contribution in [0.1, 0.15) is 28.4 Å². The second kappa shape index (κ2) is 6.71. The summed E-state index contributed by atoms with van der Waals surface area (Å²) in [6.07, 6.45) is 0. The van der Waals surface area contributed by atoms with Gasteiger partial charge < -0.3 is 9.30 Å². The van der Waals surface area contributed by atoms with E-state index in [1.807, 2.05) is 49.4 Å². The molecule has 1 aromatic heterocycles. The number of pyridine rings is 1. The van der Waals surface area contributed by atoms with Crippen molar-refractivity contribution in [3.8, 4) is 0 Å². The first kappa shape index (κ1) is 16.0. The first-order chi connectivity index (χ1) is 11.6. The van der Waals surface area contributed by atoms with Crippen LogP contribution in [0.5, 0.6) is 0 Å². The Bertz CT molecular complexity index is 957. The van der Waals surface area contributed by atoms with E-state index in [9.17, 15) is 9.59 Å². The molecular formula is C20H19NO3. The number of para-hydroxylation sites is 1. The van der Waals surface area contributed by atoms with Gasteiger partial charge in [-0.05, 0) is 25.5 Å². The number of hydrogen-bond donors (Lipinski definition) is 0. The molecular weight excluding hydrogens is 302 g/mol. The van der Waals surface area contributed by atoms with Crippen LogP contribution >= 0.6 is 0 Å². The number of benzene rings is 2. The molecule has 0 saturated carbocycles. The Morgan fingerprint density at radius 2 is 1.88 bits per heavy atom. The first-order valence-corrected chi connectivity index (χ1v) is 7.95. The van der Waals surface area contributed by atoms with E-state index in [0.29, 0.717) is 12.1 Å². The van der Waals surface area contributed by atoms with E-state index < -0.39 is 5.97 Å². The van der Waals surface area contributed by atoms with Gasteiger partial charge in [0.2, 0.25) is 0 Å². The predicted octanol–water partition coefficient (Wildman–Crippen LogP) is 3.53. The Balaban J connectivity index is 2.16. The maximum absolute atomic E-state index is 12.6. The van der Waals surface area contributed by atoms with E-state index in [4.69, 9.17) is 4.74 Å². The topological polar surface area (TPSA) is 48.3 Å². The number of carbonyl (C=O) groups is 1. The maximum atomic E-state index is 12.6. The van der Waals surface area contributed by atoms with Gasteiger partial charge >= 0.3 is 5.97 Å². The second-order valence-corrected chi connectivity index (χ2v) is 5.71. The highest BCUT2D eigenvalue weighted by molar-refractivity contribution is 6.03. The molecule has 0 atom stereocenters. The van der Waals surface area contributed by atoms with Crippen molar-refractivity contribution in [3.63, 3.8) is 0 Å². The lowest BCUT2D eigenvalue weighted by Crippen LogP contribution is -2.23. The van der Waals surface area contributed by atoms with Crippen LogP contribution in [0.2, 0.25) is 0 Å². The van der Waals surface area contributed by atoms with Gasteiger partial charge in [-0.3, -0.25) is 4.79 Å². The fraction of sp³-hybridized carbons (Fsp3) is 0.200. The van der Waals surface area contributed by atoms with Crippen molar-refractivity contribution in [2.45, 2.75) is 20.4 Å². The molecule has 4 nitrogen and oxygen atoms in total. The van der Waals surface area contributed by atoms with Gasteiger partial charge in [-0.15, -0.1) is 0 Å². The number of fused-ring (bicyclic) bond motifs is 1. The van der Waals surface area contributed by atoms with Crippen LogP contribution in [0.4, 0.5) is 0 Å². The van der Waals surface area contributed by atoms with E-state index in [1.165, 1.54) is 6.07 Å². The molecule has 0 unspecified atom stereocenters. The highest BCUT2D eigenvalue weighted by atomic mass is 16.5. The lowest BCUT2D eigenvalue weighted by molar-refractivity contribution is 0.0528. The zero-order valence-corrected chi connectivity index (χ0v) is 13.8. The third kappa shape index (κ3) is 3.08. The minimum atomic E-state index is -0.464. The van der Waals surface area contributed by atoms with Crippen molar-refractivity contribution in [1.29, 1.82) is 0 Å². The summed E-state index contributed by atoms with van der Waals surface area (Å²) in [4.78, 5) is 24.8. The summed E-state index contributed by atoms with van der Waals surface area (Å²) < 4.78 is 6.77. The van der Waals surface area contributed by atoms with Gasteiger partial charge in [0.05, 0.1) is 24.2 Å². The summed E-state index contributed by atoms with van der Waals surface area (Å²) in [7, 11) is 0. The molecule has 3 rings (SSSR count). The molecule has 0 saturated heterocycles. The molecule has 0 N–H and O–H groups in total. The van der Waals surface area contributed by atoms with Crippen LogP contribution in [0, 0.1) is 6.92 Å². The maximum Gasteiger partial charge on any atom is 0.339 e. The van der Waals surface area contributed by atoms with Crippen molar-refractivity contribution in [2.24, 2.45) is 0 Å². The molecule has 0 spiro atoms. The molecule has 0 radical (unpaired) electrons. The summed E-state index contributed by atoms with van der Waals surface area (Å²) in [5.41, 5.74) is 3.03. The molecule has 0 aliphatic carbocycles. The minimum Gasteiger partial charge on any atom is -0.462 e. The van der Waals surface area contributed by atoms with E-state index in [0.717, 1.165) is 22.0 Å². The molecule has 0 amide bonds. The summed E-state index contributed by atoms with van der Waals surface area (Å²) >= 11 is 0. The van der Waals surface area contributed by atoms with Gasteiger partial charge in [0, 0.05) is 11.5 Å². The molecule has 122 valence electrons. The van der Waals surface area contributed by atoms with E-state index in [1.54, 1.807) is 11.5 Å². The average molecular weight is 321 g/mol. The summed E-state index contributed by atoms with van der Waals surface area (Å²) in [6, 6.07) is 16.8. The Morgan fingerprint density at radius 1 is 1.08 bits per heavy atom. The first-order valence-electron chi connectivity index (χ1n) is 7.95. The van der Waals surface area contributed by atoms with Gasteiger partial charge in [0.15, 0.2) is 0 Å². The predicted molar refractivity (Wildman–Crippen MR) is 94.4 cm³/mol. The minimum absolute atomic E-state index is 0.210. The molecule has 24 heavy (non-hydrogen) atoms. The highest BCUT2D eigenvalue weighted by Gasteiger charge is 2.15. The molecule has 0 fully saturated rings. The molecule has 4 heteroatoms. The van der Waals surface area contributed by atoms with E-state index in [-0.39, 0.29) is 12.2 Å². The molecule has 2 aromatic carbocycles. The van der Waals surface area contributed by atoms with Crippen LogP contribution in [0.25, 0.3) is 10.9 Å². The van der Waals surface area contributed by atoms with Gasteiger partial charge in [-0.1, -0.05) is 48.0 Å². The SMILES string of the molecule is CCOC(=O)c1cc(=O)n(Cc2cccc(C)c2)c2ccccc12. The van der Waals surface area contributed by atoms with Gasteiger partial charge in [0.25, 0.3) is 5.56 Å². The zero-order valence-electron chi connectivity index (χ0n) is 13.8. The quantitative estimate of drug-likeness (QED) is 0.691. The van der Waals surface area contributed by atoms with Crippen LogP contribution in [0.15, 0.2) is 59.4 Å². The van der Waals surface area contributed by atoms with Crippen molar-refractivity contribution < 1.29 is 9.53 Å². The third-order valence-electron chi connectivity index (χ3n) is 3.94. The number of esters is 1. The lowest BCUT2D eigenvalue weighted by Gasteiger charge is -2.13. The second-order valence-electron chi connectivity index (χ2n) is 5.71. The average Bonchev–Trinajstić information content (AvgIpc) is 2.57. The van der Waals surface area contributed by atoms with Crippen molar-refractivity contribution in [2.75, 3.05) is 6.61 Å². The monoisotopic (exact) mass is 321 g/mol. The molecule has 1 heterocycles. The number of hydrogen-bond acceptors (Lipinski definition) is 3. The molecule has 0 aliphatic heterocycles. The number of carbonyl (C=O) groups excluding carboxylic acids is 1. The Labute approximate surface area is 140 Å². The number of nitrogens with zero attached hydrogens (tertiary/aromatic N) is 1. The van der Waals surface area contributed by atoms with Crippen molar-refractivity contribution in [1.82, 2.24) is 4.57 Å². The van der Waals surface area contributed by atoms with Gasteiger partial charge in [-0.25, -0.2) is 4.79 Å². The number of aromatic nitrogens is 1. The number of aryl methyl sites for hydroxylation is 1. The van der Waals surface area contributed by atoms with Crippen molar-refractivity contribution in [3.05, 3.63) is 81.6 Å². The van der Waals surface area contributed by atoms with Crippen molar-refractivity contribution >= 4 is 16.9 Å². The fourth-order valence-electron chi connectivity index (χ4n) is 2.87. The van der Waals surface area contributed by atoms with Crippen LogP contribution in [0.3, 0.4) is 0 Å². The lowest BCUT2D eigenvalue weighted by atomic mass is 10.1. The van der Waals surface area contributed by atoms with E-state index in [2.05, 4.69) is 6.07 Å². The smallest absolute Gasteiger partial charge is 0.339 e. The number of ether oxygens (including phenoxy) is 1. The van der Waals surface area contributed by atoms with Gasteiger partial charge in [-0.2, -0.15) is 0 Å². The van der Waals surface area contributed by atoms with Gasteiger partial charge in [0.1, 0.15) is 0 Å². The molecule has 0 aliphatic rings. The standard InChI is InChI=1S/C20H19NO3/c1-3-24-20(23)17-12-19(22)21(18-10-5-4-9-16(17)18)13-15-8-6-7-14(2)11-15/h4-12H,3,13H2,1-2H3. The zero-order chi connectivity index (χ0) is 17.1. The molecule has 0 bridgehead atoms. The molecule has 3 aromatic rings. The Kier molecular flexibility index (Phi) is 4.47. The fourth-order valence-corrected chi connectivity index (χ4v) is 2.87. The largest absolute Gasteiger partial charge is 0.462 e. The summed E-state index contributed by atoms with van der Waals surface area (Å²) in [6.45, 7) is 4.51. The van der Waals surface area contributed by atoms with Crippen LogP contribution in [-0.4, -0.2) is 17.1 Å². The third-order valence-corrected chi connectivity index (χ3v) is 3.94. The Morgan fingerprint density at radius 3 is 2.62 bits per heavy atom. The summed E-state index contributed by atoms with van der Waals surface area (Å²) in [5.74, 6) is -0.464. The summed E-state index contributed by atoms with van der Waals surface area (Å²) in [5, 5.41) is 0.725. The number of rotatable bonds is 4. The van der Waals surface area contributed by atoms with Crippen LogP contribution in [-0.2, 0) is 11.3 Å². The highest BCUT2D eigenvalue weighted by Crippen LogP contribution is 2.19. The van der Waals surface area contributed by atoms with E-state index >= 15 is 0 Å². The van der Waals surface area contributed by atoms with Crippen LogP contribution < -0.4 is 5.56 Å². The Hall–Kier alpha value is -2.88. The normalized spacial score (nSPS) is 10.8.